The lowest BCUT2D eigenvalue weighted by Crippen LogP contribution is -2.47. The quantitative estimate of drug-likeness (QED) is 0.789. The number of alkyl halides is 2. The third-order valence-electron chi connectivity index (χ3n) is 3.24. The molecule has 1 heterocycles. The van der Waals surface area contributed by atoms with E-state index in [-0.39, 0.29) is 12.0 Å². The van der Waals surface area contributed by atoms with Crippen LogP contribution in [-0.4, -0.2) is 50.0 Å². The van der Waals surface area contributed by atoms with Crippen LogP contribution in [0.1, 0.15) is 34.1 Å². The zero-order valence-corrected chi connectivity index (χ0v) is 13.2. The zero-order chi connectivity index (χ0) is 16.1. The van der Waals surface area contributed by atoms with E-state index in [9.17, 15) is 13.6 Å². The molecule has 1 amide bonds. The number of nitrogens with one attached hydrogen (secondary N) is 2. The van der Waals surface area contributed by atoms with Gasteiger partial charge in [-0.05, 0) is 40.0 Å². The summed E-state index contributed by atoms with van der Waals surface area (Å²) in [6.07, 6.45) is 0.0509. The lowest BCUT2D eigenvalue weighted by Gasteiger charge is -2.24. The van der Waals surface area contributed by atoms with Crippen molar-refractivity contribution >= 4 is 6.09 Å². The highest BCUT2D eigenvalue weighted by molar-refractivity contribution is 5.67. The topological polar surface area (TPSA) is 59.6 Å². The van der Waals surface area contributed by atoms with Gasteiger partial charge in [-0.3, -0.25) is 0 Å². The Morgan fingerprint density at radius 2 is 2.05 bits per heavy atom. The molecule has 2 atom stereocenters. The van der Waals surface area contributed by atoms with Gasteiger partial charge in [-0.2, -0.15) is 0 Å². The van der Waals surface area contributed by atoms with Crippen LogP contribution in [0.4, 0.5) is 13.6 Å². The molecule has 124 valence electrons. The summed E-state index contributed by atoms with van der Waals surface area (Å²) in [5.74, 6) is -2.76. The summed E-state index contributed by atoms with van der Waals surface area (Å²) in [5.41, 5.74) is -0.700. The molecule has 0 saturated carbocycles. The second-order valence-corrected chi connectivity index (χ2v) is 6.50. The molecular weight excluding hydrogens is 282 g/mol. The van der Waals surface area contributed by atoms with Crippen LogP contribution in [0.15, 0.2) is 0 Å². The largest absolute Gasteiger partial charge is 0.444 e. The molecule has 21 heavy (non-hydrogen) atoms. The maximum absolute atomic E-state index is 13.7. The number of rotatable bonds is 6. The highest BCUT2D eigenvalue weighted by Gasteiger charge is 2.32. The number of amides is 1. The Morgan fingerprint density at radius 1 is 1.38 bits per heavy atom. The molecule has 0 aromatic heterocycles. The number of hydrogen-bond acceptors (Lipinski definition) is 4. The highest BCUT2D eigenvalue weighted by Crippen LogP contribution is 2.18. The first-order valence-corrected chi connectivity index (χ1v) is 7.25. The molecule has 1 aliphatic heterocycles. The molecule has 0 aromatic rings. The van der Waals surface area contributed by atoms with E-state index in [4.69, 9.17) is 9.47 Å². The zero-order valence-electron chi connectivity index (χ0n) is 13.2. The summed E-state index contributed by atoms with van der Waals surface area (Å²) in [5, 5.41) is 4.91. The third-order valence-corrected chi connectivity index (χ3v) is 3.24. The predicted molar refractivity (Wildman–Crippen MR) is 75.6 cm³/mol. The van der Waals surface area contributed by atoms with E-state index in [2.05, 4.69) is 10.6 Å². The van der Waals surface area contributed by atoms with E-state index in [1.165, 1.54) is 0 Å². The normalized spacial score (nSPS) is 21.1. The van der Waals surface area contributed by atoms with Crippen molar-refractivity contribution < 1.29 is 23.0 Å². The summed E-state index contributed by atoms with van der Waals surface area (Å²) < 4.78 is 37.6. The van der Waals surface area contributed by atoms with Gasteiger partial charge in [0.1, 0.15) is 5.60 Å². The van der Waals surface area contributed by atoms with E-state index in [0.717, 1.165) is 6.42 Å². The molecule has 1 rings (SSSR count). The molecule has 0 aromatic carbocycles. The first-order chi connectivity index (χ1) is 9.59. The summed E-state index contributed by atoms with van der Waals surface area (Å²) in [6, 6.07) is -0.0418. The Bertz CT molecular complexity index is 340. The minimum absolute atomic E-state index is 0.0418. The van der Waals surface area contributed by atoms with E-state index in [1.807, 2.05) is 6.92 Å². The second-order valence-electron chi connectivity index (χ2n) is 6.50. The van der Waals surface area contributed by atoms with Gasteiger partial charge in [-0.1, -0.05) is 0 Å². The van der Waals surface area contributed by atoms with E-state index in [0.29, 0.717) is 13.2 Å². The third kappa shape index (κ3) is 7.57. The van der Waals surface area contributed by atoms with Gasteiger partial charge in [0.2, 0.25) is 0 Å². The van der Waals surface area contributed by atoms with Crippen molar-refractivity contribution in [3.63, 3.8) is 0 Å². The number of carbonyl (C=O) groups excluding carboxylic acids is 1. The van der Waals surface area contributed by atoms with Gasteiger partial charge in [0, 0.05) is 12.6 Å². The van der Waals surface area contributed by atoms with Crippen LogP contribution in [0.5, 0.6) is 0 Å². The number of alkyl carbamates (subject to hydrolysis) is 1. The number of carbonyl (C=O) groups is 1. The second kappa shape index (κ2) is 7.35. The van der Waals surface area contributed by atoms with Crippen LogP contribution in [0.3, 0.4) is 0 Å². The summed E-state index contributed by atoms with van der Waals surface area (Å²) in [4.78, 5) is 11.3. The molecule has 0 spiro atoms. The van der Waals surface area contributed by atoms with Gasteiger partial charge in [0.25, 0.3) is 5.92 Å². The van der Waals surface area contributed by atoms with Crippen molar-refractivity contribution in [2.45, 2.75) is 51.7 Å². The standard InChI is InChI=1S/C14H26F2N2O3/c1-10(11-5-6-20-7-11)17-8-14(15,16)9-18-12(19)21-13(2,3)4/h10-11,17H,5-9H2,1-4H3,(H,18,19). The highest BCUT2D eigenvalue weighted by atomic mass is 19.3. The van der Waals surface area contributed by atoms with Gasteiger partial charge < -0.3 is 20.1 Å². The molecule has 1 fully saturated rings. The van der Waals surface area contributed by atoms with Gasteiger partial charge in [0.05, 0.1) is 19.7 Å². The Hall–Kier alpha value is -0.950. The van der Waals surface area contributed by atoms with Crippen molar-refractivity contribution in [3.05, 3.63) is 0 Å². The number of halogens is 2. The lowest BCUT2D eigenvalue weighted by molar-refractivity contribution is -0.00664. The SMILES string of the molecule is CC(NCC(F)(F)CNC(=O)OC(C)(C)C)C1CCOC1. The first-order valence-electron chi connectivity index (χ1n) is 7.25. The maximum Gasteiger partial charge on any atom is 0.407 e. The van der Waals surface area contributed by atoms with Crippen LogP contribution in [-0.2, 0) is 9.47 Å². The molecule has 1 aliphatic rings. The molecule has 0 aliphatic carbocycles. The molecule has 2 unspecified atom stereocenters. The Kier molecular flexibility index (Phi) is 6.34. The summed E-state index contributed by atoms with van der Waals surface area (Å²) in [6.45, 7) is 6.97. The molecule has 7 heteroatoms. The molecule has 5 nitrogen and oxygen atoms in total. The molecule has 2 N–H and O–H groups in total. The smallest absolute Gasteiger partial charge is 0.407 e. The van der Waals surface area contributed by atoms with Crippen LogP contribution in [0.25, 0.3) is 0 Å². The lowest BCUT2D eigenvalue weighted by atomic mass is 10.0. The fourth-order valence-corrected chi connectivity index (χ4v) is 2.00. The van der Waals surface area contributed by atoms with Crippen LogP contribution >= 0.6 is 0 Å². The summed E-state index contributed by atoms with van der Waals surface area (Å²) >= 11 is 0. The fourth-order valence-electron chi connectivity index (χ4n) is 2.00. The minimum atomic E-state index is -3.02. The number of ether oxygens (including phenoxy) is 2. The van der Waals surface area contributed by atoms with Crippen molar-refractivity contribution in [1.82, 2.24) is 10.6 Å². The average Bonchev–Trinajstić information content (AvgIpc) is 2.85. The van der Waals surface area contributed by atoms with Gasteiger partial charge in [-0.15, -0.1) is 0 Å². The van der Waals surface area contributed by atoms with Gasteiger partial charge in [0.15, 0.2) is 0 Å². The van der Waals surface area contributed by atoms with E-state index >= 15 is 0 Å². The Labute approximate surface area is 124 Å². The predicted octanol–water partition coefficient (Wildman–Crippen LogP) is 2.16. The van der Waals surface area contributed by atoms with Gasteiger partial charge in [-0.25, -0.2) is 13.6 Å². The van der Waals surface area contributed by atoms with Gasteiger partial charge >= 0.3 is 6.09 Å². The maximum atomic E-state index is 13.7. The molecule has 0 bridgehead atoms. The fraction of sp³-hybridized carbons (Fsp3) is 0.929. The molecule has 1 saturated heterocycles. The van der Waals surface area contributed by atoms with Crippen molar-refractivity contribution in [3.8, 4) is 0 Å². The van der Waals surface area contributed by atoms with E-state index < -0.39 is 30.7 Å². The molecular formula is C14H26F2N2O3. The monoisotopic (exact) mass is 308 g/mol. The summed E-state index contributed by atoms with van der Waals surface area (Å²) in [7, 11) is 0. The van der Waals surface area contributed by atoms with Crippen molar-refractivity contribution in [2.75, 3.05) is 26.3 Å². The van der Waals surface area contributed by atoms with Crippen molar-refractivity contribution in [2.24, 2.45) is 5.92 Å². The van der Waals surface area contributed by atoms with E-state index in [1.54, 1.807) is 20.8 Å². The Morgan fingerprint density at radius 3 is 2.57 bits per heavy atom. The van der Waals surface area contributed by atoms with Crippen LogP contribution in [0.2, 0.25) is 0 Å². The minimum Gasteiger partial charge on any atom is -0.444 e. The first kappa shape index (κ1) is 18.1. The van der Waals surface area contributed by atoms with Crippen LogP contribution < -0.4 is 10.6 Å². The Balaban J connectivity index is 2.27. The number of hydrogen-bond donors (Lipinski definition) is 2. The molecule has 0 radical (unpaired) electrons. The average molecular weight is 308 g/mol. The van der Waals surface area contributed by atoms with Crippen LogP contribution in [0, 0.1) is 5.92 Å². The van der Waals surface area contributed by atoms with Crippen molar-refractivity contribution in [1.29, 1.82) is 0 Å².